The van der Waals surface area contributed by atoms with E-state index < -0.39 is 0 Å². The second-order valence-corrected chi connectivity index (χ2v) is 7.73. The lowest BCUT2D eigenvalue weighted by molar-refractivity contribution is 0.622. The summed E-state index contributed by atoms with van der Waals surface area (Å²) in [6.07, 6.45) is 0.976. The molecule has 2 rings (SSSR count). The average molecular weight is 350 g/mol. The number of nitrogens with zero attached hydrogens (tertiary/aromatic N) is 2. The van der Waals surface area contributed by atoms with Crippen LogP contribution in [0.5, 0.6) is 0 Å². The summed E-state index contributed by atoms with van der Waals surface area (Å²) in [5.74, 6) is 3.89. The molecule has 102 valence electrons. The van der Waals surface area contributed by atoms with Crippen LogP contribution in [0.15, 0.2) is 4.47 Å². The van der Waals surface area contributed by atoms with E-state index in [0.717, 1.165) is 30.5 Å². The van der Waals surface area contributed by atoms with Crippen molar-refractivity contribution in [1.82, 2.24) is 15.1 Å². The van der Waals surface area contributed by atoms with E-state index in [1.165, 1.54) is 27.4 Å². The van der Waals surface area contributed by atoms with Crippen molar-refractivity contribution in [3.8, 4) is 0 Å². The summed E-state index contributed by atoms with van der Waals surface area (Å²) in [7, 11) is 2.02. The highest BCUT2D eigenvalue weighted by Crippen LogP contribution is 2.24. The van der Waals surface area contributed by atoms with Gasteiger partial charge in [-0.3, -0.25) is 4.68 Å². The molecule has 1 aliphatic rings. The third kappa shape index (κ3) is 3.68. The van der Waals surface area contributed by atoms with E-state index in [4.69, 9.17) is 0 Å². The second kappa shape index (κ2) is 7.22. The maximum Gasteiger partial charge on any atom is 0.0767 e. The summed E-state index contributed by atoms with van der Waals surface area (Å²) < 4.78 is 3.16. The van der Waals surface area contributed by atoms with Gasteiger partial charge < -0.3 is 5.32 Å². The van der Waals surface area contributed by atoms with Gasteiger partial charge in [0.15, 0.2) is 0 Å². The van der Waals surface area contributed by atoms with Crippen molar-refractivity contribution in [3.63, 3.8) is 0 Å². The van der Waals surface area contributed by atoms with E-state index in [2.05, 4.69) is 56.8 Å². The zero-order valence-corrected chi connectivity index (χ0v) is 14.1. The van der Waals surface area contributed by atoms with Crippen molar-refractivity contribution in [2.75, 3.05) is 23.8 Å². The first-order valence-corrected chi connectivity index (χ1v) is 9.32. The number of hydrogen-bond donors (Lipinski definition) is 1. The van der Waals surface area contributed by atoms with Gasteiger partial charge in [0.05, 0.1) is 15.9 Å². The Morgan fingerprint density at radius 1 is 1.50 bits per heavy atom. The smallest absolute Gasteiger partial charge is 0.0767 e. The number of halogens is 1. The number of hydrogen-bond acceptors (Lipinski definition) is 4. The van der Waals surface area contributed by atoms with Crippen LogP contribution >= 0.6 is 39.5 Å². The molecule has 1 aromatic rings. The molecule has 1 aliphatic heterocycles. The van der Waals surface area contributed by atoms with E-state index in [9.17, 15) is 0 Å². The van der Waals surface area contributed by atoms with Crippen LogP contribution in [-0.2, 0) is 20.0 Å². The van der Waals surface area contributed by atoms with Crippen molar-refractivity contribution in [2.24, 2.45) is 7.05 Å². The van der Waals surface area contributed by atoms with Crippen LogP contribution in [0.4, 0.5) is 0 Å². The number of nitrogens with one attached hydrogen (secondary N) is 1. The van der Waals surface area contributed by atoms with Crippen molar-refractivity contribution < 1.29 is 0 Å². The topological polar surface area (TPSA) is 29.9 Å². The molecule has 2 heterocycles. The Morgan fingerprint density at radius 2 is 2.33 bits per heavy atom. The number of thioether (sulfide) groups is 2. The maximum atomic E-state index is 4.51. The molecule has 1 aromatic heterocycles. The predicted molar refractivity (Wildman–Crippen MR) is 85.6 cm³/mol. The molecule has 3 nitrogen and oxygen atoms in total. The lowest BCUT2D eigenvalue weighted by Gasteiger charge is -2.21. The minimum atomic E-state index is 0.765. The zero-order valence-electron chi connectivity index (χ0n) is 10.9. The molecule has 0 amide bonds. The zero-order chi connectivity index (χ0) is 13.0. The molecule has 0 spiro atoms. The van der Waals surface area contributed by atoms with Gasteiger partial charge in [0.25, 0.3) is 0 Å². The molecule has 0 aromatic carbocycles. The monoisotopic (exact) mass is 349 g/mol. The molecule has 6 heteroatoms. The molecular weight excluding hydrogens is 330 g/mol. The molecule has 1 atom stereocenters. The third-order valence-corrected chi connectivity index (χ3v) is 6.81. The van der Waals surface area contributed by atoms with E-state index in [0.29, 0.717) is 0 Å². The normalized spacial score (nSPS) is 20.3. The highest BCUT2D eigenvalue weighted by atomic mass is 79.9. The Bertz CT molecular complexity index is 389. The predicted octanol–water partition coefficient (Wildman–Crippen LogP) is 2.68. The largest absolute Gasteiger partial charge is 0.310 e. The summed E-state index contributed by atoms with van der Waals surface area (Å²) >= 11 is 7.83. The van der Waals surface area contributed by atoms with E-state index in [1.807, 2.05) is 11.7 Å². The van der Waals surface area contributed by atoms with Crippen LogP contribution < -0.4 is 5.32 Å². The van der Waals surface area contributed by atoms with Crippen molar-refractivity contribution in [1.29, 1.82) is 0 Å². The first-order valence-electron chi connectivity index (χ1n) is 6.32. The van der Waals surface area contributed by atoms with Gasteiger partial charge in [-0.1, -0.05) is 6.92 Å². The van der Waals surface area contributed by atoms with Crippen LogP contribution in [-0.4, -0.2) is 38.8 Å². The summed E-state index contributed by atoms with van der Waals surface area (Å²) in [6.45, 7) is 4.13. The molecule has 0 bridgehead atoms. The standard InChI is InChI=1S/C12H20BrN3S2/c1-3-10-12(13)11(16(2)15-10)7-14-6-9-8-17-4-5-18-9/h9,14H,3-8H2,1-2H3. The SMILES string of the molecule is CCc1nn(C)c(CNCC2CSCCS2)c1Br. The summed E-state index contributed by atoms with van der Waals surface area (Å²) in [5, 5.41) is 8.85. The highest BCUT2D eigenvalue weighted by Gasteiger charge is 2.15. The molecule has 18 heavy (non-hydrogen) atoms. The molecule has 1 unspecified atom stereocenters. The van der Waals surface area contributed by atoms with Crippen molar-refractivity contribution in [3.05, 3.63) is 15.9 Å². The van der Waals surface area contributed by atoms with Gasteiger partial charge in [0, 0.05) is 42.6 Å². The second-order valence-electron chi connectivity index (χ2n) is 4.38. The lowest BCUT2D eigenvalue weighted by atomic mass is 10.3. The number of aromatic nitrogens is 2. The van der Waals surface area contributed by atoms with E-state index >= 15 is 0 Å². The van der Waals surface area contributed by atoms with Crippen LogP contribution in [0.1, 0.15) is 18.3 Å². The van der Waals surface area contributed by atoms with Gasteiger partial charge in [-0.05, 0) is 22.4 Å². The third-order valence-electron chi connectivity index (χ3n) is 3.05. The minimum Gasteiger partial charge on any atom is -0.310 e. The van der Waals surface area contributed by atoms with Crippen LogP contribution in [0.3, 0.4) is 0 Å². The molecule has 0 saturated carbocycles. The van der Waals surface area contributed by atoms with E-state index in [-0.39, 0.29) is 0 Å². The van der Waals surface area contributed by atoms with Crippen molar-refractivity contribution >= 4 is 39.5 Å². The number of rotatable bonds is 5. The maximum absolute atomic E-state index is 4.51. The van der Waals surface area contributed by atoms with Gasteiger partial charge >= 0.3 is 0 Å². The first kappa shape index (κ1) is 14.8. The van der Waals surface area contributed by atoms with Crippen LogP contribution in [0.25, 0.3) is 0 Å². The fraction of sp³-hybridized carbons (Fsp3) is 0.750. The summed E-state index contributed by atoms with van der Waals surface area (Å²) in [5.41, 5.74) is 2.40. The van der Waals surface area contributed by atoms with E-state index in [1.54, 1.807) is 0 Å². The van der Waals surface area contributed by atoms with Crippen molar-refractivity contribution in [2.45, 2.75) is 25.1 Å². The lowest BCUT2D eigenvalue weighted by Crippen LogP contribution is -2.29. The quantitative estimate of drug-likeness (QED) is 0.884. The Hall–Kier alpha value is 0.350. The Balaban J connectivity index is 1.84. The van der Waals surface area contributed by atoms with Gasteiger partial charge in [-0.15, -0.1) is 0 Å². The summed E-state index contributed by atoms with van der Waals surface area (Å²) in [6, 6.07) is 0. The first-order chi connectivity index (χ1) is 8.72. The fourth-order valence-electron chi connectivity index (χ4n) is 2.02. The Kier molecular flexibility index (Phi) is 5.92. The highest BCUT2D eigenvalue weighted by molar-refractivity contribution is 9.10. The van der Waals surface area contributed by atoms with Gasteiger partial charge in [-0.25, -0.2) is 0 Å². The minimum absolute atomic E-state index is 0.765. The number of aryl methyl sites for hydroxylation is 2. The molecule has 1 fully saturated rings. The molecule has 0 aliphatic carbocycles. The van der Waals surface area contributed by atoms with Gasteiger partial charge in [-0.2, -0.15) is 28.6 Å². The van der Waals surface area contributed by atoms with Crippen LogP contribution in [0.2, 0.25) is 0 Å². The Morgan fingerprint density at radius 3 is 2.94 bits per heavy atom. The van der Waals surface area contributed by atoms with Gasteiger partial charge in [0.2, 0.25) is 0 Å². The molecule has 1 saturated heterocycles. The Labute approximate surface area is 126 Å². The fourth-order valence-corrected chi connectivity index (χ4v) is 5.42. The molecular formula is C12H20BrN3S2. The molecule has 1 N–H and O–H groups in total. The van der Waals surface area contributed by atoms with Gasteiger partial charge in [0.1, 0.15) is 0 Å². The van der Waals surface area contributed by atoms with Crippen LogP contribution in [0, 0.1) is 0 Å². The summed E-state index contributed by atoms with van der Waals surface area (Å²) in [4.78, 5) is 0. The molecule has 0 radical (unpaired) electrons. The average Bonchev–Trinajstić information content (AvgIpc) is 2.67.